The highest BCUT2D eigenvalue weighted by atomic mass is 35.5. The summed E-state index contributed by atoms with van der Waals surface area (Å²) < 4.78 is 5.74. The van der Waals surface area contributed by atoms with Crippen molar-refractivity contribution in [2.75, 3.05) is 5.88 Å². The molecule has 132 valence electrons. The Morgan fingerprint density at radius 1 is 0.957 bits per heavy atom. The van der Waals surface area contributed by atoms with Gasteiger partial charge in [-0.25, -0.2) is 0 Å². The Morgan fingerprint density at radius 3 is 2.13 bits per heavy atom. The molecule has 4 heteroatoms. The van der Waals surface area contributed by atoms with Crippen molar-refractivity contribution < 1.29 is 14.3 Å². The Morgan fingerprint density at radius 2 is 1.57 bits per heavy atom. The molecule has 2 aliphatic carbocycles. The summed E-state index contributed by atoms with van der Waals surface area (Å²) in [7, 11) is 0. The van der Waals surface area contributed by atoms with Crippen LogP contribution in [0.2, 0.25) is 0 Å². The molecular formula is C19H31ClO3. The normalized spacial score (nSPS) is 31.6. The fourth-order valence-corrected chi connectivity index (χ4v) is 4.26. The van der Waals surface area contributed by atoms with E-state index in [4.69, 9.17) is 16.3 Å². The van der Waals surface area contributed by atoms with E-state index >= 15 is 0 Å². The molecule has 0 unspecified atom stereocenters. The number of carbonyl (C=O) groups excluding carboxylic acids is 2. The van der Waals surface area contributed by atoms with E-state index in [0.717, 1.165) is 69.6 Å². The molecule has 0 atom stereocenters. The van der Waals surface area contributed by atoms with Crippen LogP contribution in [0.15, 0.2) is 0 Å². The number of ketones is 1. The van der Waals surface area contributed by atoms with Crippen LogP contribution in [-0.4, -0.2) is 23.7 Å². The molecule has 2 saturated carbocycles. The van der Waals surface area contributed by atoms with E-state index in [-0.39, 0.29) is 23.9 Å². The smallest absolute Gasteiger partial charge is 0.309 e. The topological polar surface area (TPSA) is 43.4 Å². The van der Waals surface area contributed by atoms with Crippen molar-refractivity contribution in [1.29, 1.82) is 0 Å². The number of ether oxygens (including phenoxy) is 1. The lowest BCUT2D eigenvalue weighted by atomic mass is 9.80. The lowest BCUT2D eigenvalue weighted by Crippen LogP contribution is -2.31. The summed E-state index contributed by atoms with van der Waals surface area (Å²) >= 11 is 5.75. The molecule has 2 fully saturated rings. The first-order valence-electron chi connectivity index (χ1n) is 9.43. The lowest BCUT2D eigenvalue weighted by Gasteiger charge is -2.31. The average molecular weight is 343 g/mol. The van der Waals surface area contributed by atoms with Gasteiger partial charge in [0.1, 0.15) is 11.9 Å². The van der Waals surface area contributed by atoms with Gasteiger partial charge in [-0.2, -0.15) is 0 Å². The highest BCUT2D eigenvalue weighted by Crippen LogP contribution is 2.34. The third-order valence-electron chi connectivity index (χ3n) is 5.69. The zero-order chi connectivity index (χ0) is 16.7. The summed E-state index contributed by atoms with van der Waals surface area (Å²) in [5.74, 6) is 2.15. The first-order chi connectivity index (χ1) is 11.1. The van der Waals surface area contributed by atoms with Crippen LogP contribution >= 0.6 is 11.6 Å². The highest BCUT2D eigenvalue weighted by molar-refractivity contribution is 6.17. The molecule has 2 aliphatic rings. The number of hydrogen-bond acceptors (Lipinski definition) is 3. The van der Waals surface area contributed by atoms with Crippen LogP contribution in [0, 0.1) is 17.8 Å². The van der Waals surface area contributed by atoms with Crippen LogP contribution < -0.4 is 0 Å². The first kappa shape index (κ1) is 18.8. The summed E-state index contributed by atoms with van der Waals surface area (Å²) in [6.07, 6.45) is 10.6. The minimum absolute atomic E-state index is 0.00561. The fraction of sp³-hybridized carbons (Fsp3) is 0.895. The van der Waals surface area contributed by atoms with Crippen molar-refractivity contribution in [2.24, 2.45) is 17.8 Å². The van der Waals surface area contributed by atoms with E-state index in [0.29, 0.717) is 12.2 Å². The molecule has 0 aromatic carbocycles. The van der Waals surface area contributed by atoms with Gasteiger partial charge in [-0.05, 0) is 70.1 Å². The minimum atomic E-state index is 0.00561. The van der Waals surface area contributed by atoms with Crippen molar-refractivity contribution in [1.82, 2.24) is 0 Å². The summed E-state index contributed by atoms with van der Waals surface area (Å²) in [5, 5.41) is 0. The second kappa shape index (κ2) is 9.66. The summed E-state index contributed by atoms with van der Waals surface area (Å²) in [4.78, 5) is 24.1. The monoisotopic (exact) mass is 342 g/mol. The molecule has 0 heterocycles. The average Bonchev–Trinajstić information content (AvgIpc) is 2.60. The Bertz CT molecular complexity index is 380. The number of rotatable bonds is 7. The van der Waals surface area contributed by atoms with E-state index in [1.165, 1.54) is 6.42 Å². The molecule has 0 bridgehead atoms. The van der Waals surface area contributed by atoms with Crippen molar-refractivity contribution in [3.05, 3.63) is 0 Å². The highest BCUT2D eigenvalue weighted by Gasteiger charge is 2.31. The van der Waals surface area contributed by atoms with Crippen molar-refractivity contribution in [2.45, 2.75) is 83.7 Å². The van der Waals surface area contributed by atoms with Crippen LogP contribution in [0.4, 0.5) is 0 Å². The number of Topliss-reactive ketones (excluding diaryl/α,β-unsaturated/α-hetero) is 1. The molecule has 0 aromatic heterocycles. The Balaban J connectivity index is 1.67. The van der Waals surface area contributed by atoms with Crippen LogP contribution in [0.1, 0.15) is 77.6 Å². The third kappa shape index (κ3) is 5.77. The number of esters is 1. The zero-order valence-electron chi connectivity index (χ0n) is 14.4. The second-order valence-corrected chi connectivity index (χ2v) is 7.66. The predicted octanol–water partition coefficient (Wildman–Crippen LogP) is 4.89. The standard InChI is InChI=1S/C19H31ClO3/c1-2-18(21)15-9-11-17(12-10-15)23-19(22)16-7-5-14(6-8-16)4-3-13-20/h14-17H,2-13H2,1H3/t14-,15-,16-,17-. The molecule has 0 spiro atoms. The van der Waals surface area contributed by atoms with Crippen LogP contribution in [0.3, 0.4) is 0 Å². The second-order valence-electron chi connectivity index (χ2n) is 7.28. The number of halogens is 1. The summed E-state index contributed by atoms with van der Waals surface area (Å²) in [6.45, 7) is 1.93. The third-order valence-corrected chi connectivity index (χ3v) is 5.95. The van der Waals surface area contributed by atoms with Gasteiger partial charge in [0, 0.05) is 18.2 Å². The molecule has 0 aromatic rings. The van der Waals surface area contributed by atoms with Gasteiger partial charge in [0.05, 0.1) is 5.92 Å². The minimum Gasteiger partial charge on any atom is -0.462 e. The van der Waals surface area contributed by atoms with Crippen LogP contribution in [0.5, 0.6) is 0 Å². The van der Waals surface area contributed by atoms with E-state index in [2.05, 4.69) is 0 Å². The number of carbonyl (C=O) groups is 2. The van der Waals surface area contributed by atoms with Gasteiger partial charge in [-0.15, -0.1) is 11.6 Å². The van der Waals surface area contributed by atoms with Gasteiger partial charge in [0.15, 0.2) is 0 Å². The Hall–Kier alpha value is -0.570. The SMILES string of the molecule is CCC(=O)[C@H]1CC[C@H](OC(=O)[C@H]2CC[C@H](CCCCl)CC2)CC1. The maximum Gasteiger partial charge on any atom is 0.309 e. The maximum absolute atomic E-state index is 12.3. The molecule has 23 heavy (non-hydrogen) atoms. The van der Waals surface area contributed by atoms with E-state index in [1.54, 1.807) is 0 Å². The van der Waals surface area contributed by atoms with Gasteiger partial charge in [-0.1, -0.05) is 6.92 Å². The van der Waals surface area contributed by atoms with E-state index in [1.807, 2.05) is 6.92 Å². The maximum atomic E-state index is 12.3. The Kier molecular flexibility index (Phi) is 7.88. The van der Waals surface area contributed by atoms with Crippen LogP contribution in [-0.2, 0) is 14.3 Å². The number of hydrogen-bond donors (Lipinski definition) is 0. The molecular weight excluding hydrogens is 312 g/mol. The number of alkyl halides is 1. The zero-order valence-corrected chi connectivity index (χ0v) is 15.2. The molecule has 0 radical (unpaired) electrons. The van der Waals surface area contributed by atoms with Gasteiger partial charge in [-0.3, -0.25) is 9.59 Å². The molecule has 2 rings (SSSR count). The van der Waals surface area contributed by atoms with Gasteiger partial charge >= 0.3 is 5.97 Å². The van der Waals surface area contributed by atoms with Crippen LogP contribution in [0.25, 0.3) is 0 Å². The summed E-state index contributed by atoms with van der Waals surface area (Å²) in [6, 6.07) is 0. The first-order valence-corrected chi connectivity index (χ1v) is 9.96. The van der Waals surface area contributed by atoms with Crippen molar-refractivity contribution in [3.8, 4) is 0 Å². The van der Waals surface area contributed by atoms with Gasteiger partial charge in [0.2, 0.25) is 0 Å². The Labute approximate surface area is 145 Å². The van der Waals surface area contributed by atoms with E-state index in [9.17, 15) is 9.59 Å². The molecule has 0 saturated heterocycles. The largest absolute Gasteiger partial charge is 0.462 e. The van der Waals surface area contributed by atoms with Crippen molar-refractivity contribution >= 4 is 23.4 Å². The quantitative estimate of drug-likeness (QED) is 0.488. The molecule has 3 nitrogen and oxygen atoms in total. The van der Waals surface area contributed by atoms with E-state index < -0.39 is 0 Å². The molecule has 0 N–H and O–H groups in total. The predicted molar refractivity (Wildman–Crippen MR) is 92.5 cm³/mol. The van der Waals surface area contributed by atoms with Crippen molar-refractivity contribution in [3.63, 3.8) is 0 Å². The molecule has 0 aliphatic heterocycles. The summed E-state index contributed by atoms with van der Waals surface area (Å²) in [5.41, 5.74) is 0. The van der Waals surface area contributed by atoms with Gasteiger partial charge < -0.3 is 4.74 Å². The van der Waals surface area contributed by atoms with Gasteiger partial charge in [0.25, 0.3) is 0 Å². The molecule has 0 amide bonds. The lowest BCUT2D eigenvalue weighted by molar-refractivity contribution is -0.157. The fourth-order valence-electron chi connectivity index (χ4n) is 4.10.